The van der Waals surface area contributed by atoms with E-state index in [1.807, 2.05) is 18.7 Å². The van der Waals surface area contributed by atoms with Gasteiger partial charge in [0.25, 0.3) is 0 Å². The molecule has 2 N–H and O–H groups in total. The number of carbonyl (C=O) groups is 2. The zero-order valence-electron chi connectivity index (χ0n) is 12.7. The maximum absolute atomic E-state index is 11.8. The number of aliphatic carboxylic acids is 1. The van der Waals surface area contributed by atoms with E-state index in [0.717, 1.165) is 51.7 Å². The van der Waals surface area contributed by atoms with Crippen LogP contribution in [0.5, 0.6) is 0 Å². The first-order valence-electron chi connectivity index (χ1n) is 7.82. The first kappa shape index (κ1) is 17.0. The van der Waals surface area contributed by atoms with E-state index in [0.29, 0.717) is 12.5 Å². The number of nitrogens with one attached hydrogen (secondary N) is 1. The molecule has 1 amide bonds. The quantitative estimate of drug-likeness (QED) is 0.668. The largest absolute Gasteiger partial charge is 0.481 e. The highest BCUT2D eigenvalue weighted by molar-refractivity contribution is 5.76. The van der Waals surface area contributed by atoms with E-state index in [4.69, 9.17) is 5.11 Å². The van der Waals surface area contributed by atoms with Gasteiger partial charge in [-0.1, -0.05) is 0 Å². The van der Waals surface area contributed by atoms with Gasteiger partial charge < -0.3 is 15.3 Å². The number of carboxylic acids is 1. The summed E-state index contributed by atoms with van der Waals surface area (Å²) in [6, 6.07) is 0.425. The smallest absolute Gasteiger partial charge is 0.306 e. The molecule has 1 aliphatic rings. The Hall–Kier alpha value is -1.10. The summed E-state index contributed by atoms with van der Waals surface area (Å²) >= 11 is 0. The van der Waals surface area contributed by atoms with Crippen molar-refractivity contribution in [3.05, 3.63) is 0 Å². The lowest BCUT2D eigenvalue weighted by atomic mass is 9.86. The molecule has 0 spiro atoms. The summed E-state index contributed by atoms with van der Waals surface area (Å²) < 4.78 is 0. The van der Waals surface area contributed by atoms with Crippen molar-refractivity contribution in [2.45, 2.75) is 58.4 Å². The Labute approximate surface area is 121 Å². The van der Waals surface area contributed by atoms with Crippen LogP contribution >= 0.6 is 0 Å². The van der Waals surface area contributed by atoms with Crippen LogP contribution in [0.4, 0.5) is 0 Å². The van der Waals surface area contributed by atoms with Crippen LogP contribution < -0.4 is 5.32 Å². The third kappa shape index (κ3) is 5.49. The van der Waals surface area contributed by atoms with Gasteiger partial charge in [-0.2, -0.15) is 0 Å². The standard InChI is InChI=1S/C15H28N2O3/c1-3-17(4-2)14(18)6-5-11-16-13-9-7-12(8-10-13)15(19)20/h12-13,16H,3-11H2,1-2H3,(H,19,20). The van der Waals surface area contributed by atoms with Gasteiger partial charge >= 0.3 is 5.97 Å². The van der Waals surface area contributed by atoms with E-state index in [1.165, 1.54) is 0 Å². The van der Waals surface area contributed by atoms with E-state index in [-0.39, 0.29) is 11.8 Å². The van der Waals surface area contributed by atoms with Crippen LogP contribution in [0.15, 0.2) is 0 Å². The van der Waals surface area contributed by atoms with Gasteiger partial charge in [-0.15, -0.1) is 0 Å². The molecule has 0 heterocycles. The van der Waals surface area contributed by atoms with Crippen LogP contribution in [0.2, 0.25) is 0 Å². The minimum absolute atomic E-state index is 0.155. The van der Waals surface area contributed by atoms with Gasteiger partial charge in [0, 0.05) is 25.6 Å². The number of carbonyl (C=O) groups excluding carboxylic acids is 1. The van der Waals surface area contributed by atoms with Crippen LogP contribution in [-0.4, -0.2) is 47.6 Å². The summed E-state index contributed by atoms with van der Waals surface area (Å²) in [7, 11) is 0. The van der Waals surface area contributed by atoms with Gasteiger partial charge in [-0.05, 0) is 52.5 Å². The normalized spacial score (nSPS) is 22.5. The van der Waals surface area contributed by atoms with Crippen molar-refractivity contribution in [3.8, 4) is 0 Å². The van der Waals surface area contributed by atoms with Crippen molar-refractivity contribution in [1.29, 1.82) is 0 Å². The fourth-order valence-corrected chi connectivity index (χ4v) is 2.82. The summed E-state index contributed by atoms with van der Waals surface area (Å²) in [5.74, 6) is -0.586. The first-order chi connectivity index (χ1) is 9.58. The van der Waals surface area contributed by atoms with Crippen LogP contribution in [0.25, 0.3) is 0 Å². The average Bonchev–Trinajstić information content (AvgIpc) is 2.45. The molecule has 116 valence electrons. The summed E-state index contributed by atoms with van der Waals surface area (Å²) in [4.78, 5) is 24.5. The highest BCUT2D eigenvalue weighted by Gasteiger charge is 2.25. The van der Waals surface area contributed by atoms with Crippen molar-refractivity contribution < 1.29 is 14.7 Å². The SMILES string of the molecule is CCN(CC)C(=O)CCCNC1CCC(C(=O)O)CC1. The Morgan fingerprint density at radius 1 is 1.15 bits per heavy atom. The minimum atomic E-state index is -0.659. The van der Waals surface area contributed by atoms with Gasteiger partial charge in [-0.25, -0.2) is 0 Å². The Morgan fingerprint density at radius 2 is 1.75 bits per heavy atom. The Kier molecular flexibility index (Phi) is 7.59. The molecule has 0 aliphatic heterocycles. The third-order valence-corrected chi connectivity index (χ3v) is 4.19. The van der Waals surface area contributed by atoms with Crippen molar-refractivity contribution in [2.75, 3.05) is 19.6 Å². The maximum Gasteiger partial charge on any atom is 0.306 e. The van der Waals surface area contributed by atoms with E-state index in [2.05, 4.69) is 5.32 Å². The number of amides is 1. The molecule has 1 saturated carbocycles. The molecule has 0 aromatic carbocycles. The first-order valence-corrected chi connectivity index (χ1v) is 7.82. The molecule has 1 aliphatic carbocycles. The zero-order chi connectivity index (χ0) is 15.0. The molecule has 5 nitrogen and oxygen atoms in total. The summed E-state index contributed by atoms with van der Waals surface area (Å²) in [6.07, 6.45) is 4.85. The van der Waals surface area contributed by atoms with Crippen molar-refractivity contribution >= 4 is 11.9 Å². The molecule has 5 heteroatoms. The van der Waals surface area contributed by atoms with Crippen LogP contribution in [0.3, 0.4) is 0 Å². The molecule has 1 rings (SSSR count). The average molecular weight is 284 g/mol. The molecule has 0 unspecified atom stereocenters. The van der Waals surface area contributed by atoms with E-state index >= 15 is 0 Å². The number of hydrogen-bond donors (Lipinski definition) is 2. The maximum atomic E-state index is 11.8. The topological polar surface area (TPSA) is 69.6 Å². The minimum Gasteiger partial charge on any atom is -0.481 e. The Balaban J connectivity index is 2.11. The lowest BCUT2D eigenvalue weighted by molar-refractivity contribution is -0.143. The van der Waals surface area contributed by atoms with Gasteiger partial charge in [0.15, 0.2) is 0 Å². The van der Waals surface area contributed by atoms with Gasteiger partial charge in [0.1, 0.15) is 0 Å². The van der Waals surface area contributed by atoms with Crippen LogP contribution in [0.1, 0.15) is 52.4 Å². The van der Waals surface area contributed by atoms with Gasteiger partial charge in [-0.3, -0.25) is 9.59 Å². The van der Waals surface area contributed by atoms with Crippen LogP contribution in [-0.2, 0) is 9.59 Å². The Bertz CT molecular complexity index is 308. The number of rotatable bonds is 8. The summed E-state index contributed by atoms with van der Waals surface area (Å²) in [6.45, 7) is 6.40. The molecule has 0 aromatic heterocycles. The third-order valence-electron chi connectivity index (χ3n) is 4.19. The molecular formula is C15H28N2O3. The van der Waals surface area contributed by atoms with E-state index < -0.39 is 5.97 Å². The second-order valence-corrected chi connectivity index (χ2v) is 5.51. The molecule has 0 aromatic rings. The molecule has 1 fully saturated rings. The fraction of sp³-hybridized carbons (Fsp3) is 0.867. The van der Waals surface area contributed by atoms with Gasteiger partial charge in [0.2, 0.25) is 5.91 Å². The molecular weight excluding hydrogens is 256 g/mol. The molecule has 0 bridgehead atoms. The predicted molar refractivity (Wildman–Crippen MR) is 78.5 cm³/mol. The van der Waals surface area contributed by atoms with E-state index in [9.17, 15) is 9.59 Å². The fourth-order valence-electron chi connectivity index (χ4n) is 2.82. The molecule has 0 atom stereocenters. The lowest BCUT2D eigenvalue weighted by Gasteiger charge is -2.27. The highest BCUT2D eigenvalue weighted by Crippen LogP contribution is 2.24. The lowest BCUT2D eigenvalue weighted by Crippen LogP contribution is -2.36. The number of carboxylic acid groups (broad SMARTS) is 1. The number of nitrogens with zero attached hydrogens (tertiary/aromatic N) is 1. The van der Waals surface area contributed by atoms with Crippen molar-refractivity contribution in [1.82, 2.24) is 10.2 Å². The second kappa shape index (κ2) is 8.95. The van der Waals surface area contributed by atoms with Crippen LogP contribution in [0, 0.1) is 5.92 Å². The van der Waals surface area contributed by atoms with E-state index in [1.54, 1.807) is 0 Å². The molecule has 0 radical (unpaired) electrons. The van der Waals surface area contributed by atoms with Crippen molar-refractivity contribution in [2.24, 2.45) is 5.92 Å². The summed E-state index contributed by atoms with van der Waals surface area (Å²) in [5, 5.41) is 12.4. The summed E-state index contributed by atoms with van der Waals surface area (Å²) in [5.41, 5.74) is 0. The monoisotopic (exact) mass is 284 g/mol. The molecule has 0 saturated heterocycles. The molecule has 20 heavy (non-hydrogen) atoms. The highest BCUT2D eigenvalue weighted by atomic mass is 16.4. The Morgan fingerprint density at radius 3 is 2.25 bits per heavy atom. The number of hydrogen-bond acceptors (Lipinski definition) is 3. The zero-order valence-corrected chi connectivity index (χ0v) is 12.7. The van der Waals surface area contributed by atoms with Crippen molar-refractivity contribution in [3.63, 3.8) is 0 Å². The van der Waals surface area contributed by atoms with Gasteiger partial charge in [0.05, 0.1) is 5.92 Å². The second-order valence-electron chi connectivity index (χ2n) is 5.51. The predicted octanol–water partition coefficient (Wildman–Crippen LogP) is 1.87.